The van der Waals surface area contributed by atoms with Crippen LogP contribution >= 0.6 is 0 Å². The van der Waals surface area contributed by atoms with Crippen molar-refractivity contribution < 1.29 is 0 Å². The number of benzene rings is 13. The van der Waals surface area contributed by atoms with Gasteiger partial charge < -0.3 is 0 Å². The van der Waals surface area contributed by atoms with E-state index in [4.69, 9.17) is 0 Å². The lowest BCUT2D eigenvalue weighted by Gasteiger charge is -2.20. The topological polar surface area (TPSA) is 0 Å². The maximum Gasteiger partial charge on any atom is -0.000697 e. The van der Waals surface area contributed by atoms with Crippen LogP contribution in [-0.4, -0.2) is 0 Å². The molecule has 0 unspecified atom stereocenters. The SMILES string of the molecule is c1ccc(-c2ccccc2-c2c3cc4c5ccccc5c5cccc(c3c(-c3ccccc3)c3c6cc7cc(-c8c(-c9ccccc9)ccc9ccccc89)ccc7c7cccc(c23)c76)c54)cc1. The Morgan fingerprint density at radius 3 is 1.43 bits per heavy atom. The molecule has 15 aromatic carbocycles. The number of hydrogen-bond donors (Lipinski definition) is 0. The quantitative estimate of drug-likeness (QED) is 0.151. The van der Waals surface area contributed by atoms with Crippen molar-refractivity contribution in [3.05, 3.63) is 243 Å². The fourth-order valence-corrected chi connectivity index (χ4v) is 12.4. The molecule has 0 heteroatoms. The monoisotopic (exact) mass is 856 g/mol. The van der Waals surface area contributed by atoms with E-state index in [1.807, 2.05) is 0 Å². The summed E-state index contributed by atoms with van der Waals surface area (Å²) in [6.45, 7) is 0. The molecule has 0 aliphatic rings. The highest BCUT2D eigenvalue weighted by molar-refractivity contribution is 6.46. The summed E-state index contributed by atoms with van der Waals surface area (Å²) in [6.07, 6.45) is 0. The van der Waals surface area contributed by atoms with E-state index in [9.17, 15) is 0 Å². The van der Waals surface area contributed by atoms with E-state index in [0.29, 0.717) is 0 Å². The van der Waals surface area contributed by atoms with Crippen LogP contribution in [0.3, 0.4) is 0 Å². The molecule has 0 saturated heterocycles. The fraction of sp³-hybridized carbons (Fsp3) is 0. The van der Waals surface area contributed by atoms with Crippen LogP contribution in [0.15, 0.2) is 243 Å². The van der Waals surface area contributed by atoms with Gasteiger partial charge in [0.05, 0.1) is 0 Å². The van der Waals surface area contributed by atoms with Crippen LogP contribution < -0.4 is 0 Å². The van der Waals surface area contributed by atoms with Crippen molar-refractivity contribution in [1.82, 2.24) is 0 Å². The third-order valence-electron chi connectivity index (χ3n) is 15.1. The molecule has 0 saturated carbocycles. The average molecular weight is 857 g/mol. The molecule has 312 valence electrons. The fourth-order valence-electron chi connectivity index (χ4n) is 12.4. The predicted octanol–water partition coefficient (Wildman–Crippen LogP) is 19.3. The van der Waals surface area contributed by atoms with Gasteiger partial charge >= 0.3 is 0 Å². The zero-order valence-corrected chi connectivity index (χ0v) is 37.1. The van der Waals surface area contributed by atoms with Crippen LogP contribution in [-0.2, 0) is 0 Å². The Hall–Kier alpha value is -8.84. The summed E-state index contributed by atoms with van der Waals surface area (Å²) >= 11 is 0. The normalized spacial score (nSPS) is 12.1. The van der Waals surface area contributed by atoms with Crippen LogP contribution in [0.1, 0.15) is 0 Å². The van der Waals surface area contributed by atoms with Gasteiger partial charge in [-0.05, 0) is 171 Å². The molecule has 0 heterocycles. The average Bonchev–Trinajstić information content (AvgIpc) is 3.91. The first-order valence-electron chi connectivity index (χ1n) is 23.8. The summed E-state index contributed by atoms with van der Waals surface area (Å²) in [4.78, 5) is 0. The summed E-state index contributed by atoms with van der Waals surface area (Å²) in [5.74, 6) is 0. The van der Waals surface area contributed by atoms with Crippen molar-refractivity contribution in [3.63, 3.8) is 0 Å². The molecule has 0 fully saturated rings. The van der Waals surface area contributed by atoms with E-state index in [2.05, 4.69) is 243 Å². The van der Waals surface area contributed by atoms with Crippen molar-refractivity contribution >= 4 is 97.0 Å². The molecule has 0 amide bonds. The number of fused-ring (bicyclic) bond motifs is 11. The molecule has 15 rings (SSSR count). The molecule has 15 aromatic rings. The molecule has 0 atom stereocenters. The third kappa shape index (κ3) is 5.20. The van der Waals surface area contributed by atoms with Crippen LogP contribution in [0.5, 0.6) is 0 Å². The minimum atomic E-state index is 1.21. The maximum absolute atomic E-state index is 2.55. The Morgan fingerprint density at radius 2 is 0.691 bits per heavy atom. The third-order valence-corrected chi connectivity index (χ3v) is 15.1. The van der Waals surface area contributed by atoms with E-state index in [-0.39, 0.29) is 0 Å². The Bertz CT molecular complexity index is 4510. The van der Waals surface area contributed by atoms with Crippen LogP contribution in [0.25, 0.3) is 153 Å². The van der Waals surface area contributed by atoms with Crippen molar-refractivity contribution in [3.8, 4) is 55.6 Å². The van der Waals surface area contributed by atoms with Crippen LogP contribution in [0.4, 0.5) is 0 Å². The van der Waals surface area contributed by atoms with Gasteiger partial charge in [-0.3, -0.25) is 0 Å². The molecule has 68 heavy (non-hydrogen) atoms. The van der Waals surface area contributed by atoms with Crippen molar-refractivity contribution in [1.29, 1.82) is 0 Å². The predicted molar refractivity (Wildman–Crippen MR) is 294 cm³/mol. The van der Waals surface area contributed by atoms with Gasteiger partial charge in [0, 0.05) is 0 Å². The first-order chi connectivity index (χ1) is 33.8. The second-order valence-corrected chi connectivity index (χ2v) is 18.6. The standard InChI is InChI=1S/C68H40/c1-4-18-41(19-5-1)47-25-12-15-29-54(47)65-60-40-58-52-28-14-13-27-51(52)55-31-17-32-56(63(55)58)66(60)62(44-23-8-3-9-24-44)68-59-39-46-38-45(35-36-48(46)53-30-16-33-57(64(53)59)67(65)68)61-49-26-11-10-22-43(49)34-37-50(61)42-20-6-2-7-21-42/h1-40H. The smallest absolute Gasteiger partial charge is 0.000697 e. The first kappa shape index (κ1) is 37.4. The molecule has 0 bridgehead atoms. The summed E-state index contributed by atoms with van der Waals surface area (Å²) in [5.41, 5.74) is 12.5. The summed E-state index contributed by atoms with van der Waals surface area (Å²) < 4.78 is 0. The summed E-state index contributed by atoms with van der Waals surface area (Å²) in [7, 11) is 0. The lowest BCUT2D eigenvalue weighted by Crippen LogP contribution is -1.93. The number of rotatable bonds is 5. The summed E-state index contributed by atoms with van der Waals surface area (Å²) in [5, 5.41) is 23.3. The van der Waals surface area contributed by atoms with Crippen molar-refractivity contribution in [2.75, 3.05) is 0 Å². The molecular formula is C68H40. The highest BCUT2D eigenvalue weighted by Gasteiger charge is 2.28. The van der Waals surface area contributed by atoms with Gasteiger partial charge in [-0.25, -0.2) is 0 Å². The van der Waals surface area contributed by atoms with E-state index in [1.54, 1.807) is 0 Å². The minimum Gasteiger partial charge on any atom is -0.0622 e. The Morgan fingerprint density at radius 1 is 0.162 bits per heavy atom. The molecule has 0 radical (unpaired) electrons. The van der Waals surface area contributed by atoms with E-state index in [0.717, 1.165) is 0 Å². The Balaban J connectivity index is 1.17. The van der Waals surface area contributed by atoms with Gasteiger partial charge in [0.1, 0.15) is 0 Å². The van der Waals surface area contributed by atoms with Gasteiger partial charge in [-0.1, -0.05) is 224 Å². The maximum atomic E-state index is 2.55. The molecule has 0 aliphatic carbocycles. The molecule has 0 nitrogen and oxygen atoms in total. The van der Waals surface area contributed by atoms with Crippen LogP contribution in [0.2, 0.25) is 0 Å². The highest BCUT2D eigenvalue weighted by atomic mass is 14.3. The van der Waals surface area contributed by atoms with Gasteiger partial charge in [-0.2, -0.15) is 0 Å². The first-order valence-corrected chi connectivity index (χ1v) is 23.8. The second-order valence-electron chi connectivity index (χ2n) is 18.6. The van der Waals surface area contributed by atoms with Gasteiger partial charge in [0.15, 0.2) is 0 Å². The zero-order chi connectivity index (χ0) is 44.5. The zero-order valence-electron chi connectivity index (χ0n) is 37.1. The Labute approximate surface area is 393 Å². The van der Waals surface area contributed by atoms with Gasteiger partial charge in [-0.15, -0.1) is 0 Å². The van der Waals surface area contributed by atoms with E-state index >= 15 is 0 Å². The van der Waals surface area contributed by atoms with Gasteiger partial charge in [0.2, 0.25) is 0 Å². The number of hydrogen-bond acceptors (Lipinski definition) is 0. The molecular weight excluding hydrogens is 817 g/mol. The van der Waals surface area contributed by atoms with Crippen molar-refractivity contribution in [2.24, 2.45) is 0 Å². The molecule has 0 aromatic heterocycles. The molecule has 0 spiro atoms. The van der Waals surface area contributed by atoms with Crippen molar-refractivity contribution in [2.45, 2.75) is 0 Å². The lowest BCUT2D eigenvalue weighted by molar-refractivity contribution is 1.61. The second kappa shape index (κ2) is 14.3. The largest absolute Gasteiger partial charge is 0.0622 e. The van der Waals surface area contributed by atoms with E-state index in [1.165, 1.54) is 153 Å². The highest BCUT2D eigenvalue weighted by Crippen LogP contribution is 2.56. The van der Waals surface area contributed by atoms with E-state index < -0.39 is 0 Å². The Kier molecular flexibility index (Phi) is 7.88. The van der Waals surface area contributed by atoms with Crippen LogP contribution in [0, 0.1) is 0 Å². The lowest BCUT2D eigenvalue weighted by atomic mass is 9.82. The molecule has 0 aliphatic heterocycles. The summed E-state index contributed by atoms with van der Waals surface area (Å²) in [6, 6.07) is 90.9. The minimum absolute atomic E-state index is 1.21. The molecule has 0 N–H and O–H groups in total. The van der Waals surface area contributed by atoms with Gasteiger partial charge in [0.25, 0.3) is 0 Å².